The Bertz CT molecular complexity index is 232. The van der Waals surface area contributed by atoms with Crippen LogP contribution in [-0.4, -0.2) is 5.11 Å². The van der Waals surface area contributed by atoms with Gasteiger partial charge in [-0.1, -0.05) is 11.6 Å². The molecule has 10 heavy (non-hydrogen) atoms. The Balaban J connectivity index is 2.81. The van der Waals surface area contributed by atoms with Crippen LogP contribution >= 0.6 is 0 Å². The van der Waals surface area contributed by atoms with Crippen LogP contribution in [0, 0.1) is 17.2 Å². The van der Waals surface area contributed by atoms with Crippen LogP contribution in [0.2, 0.25) is 0 Å². The van der Waals surface area contributed by atoms with E-state index in [0.29, 0.717) is 12.2 Å². The second-order valence-corrected chi connectivity index (χ2v) is 2.45. The van der Waals surface area contributed by atoms with E-state index in [2.05, 4.69) is 6.07 Å². The van der Waals surface area contributed by atoms with E-state index in [0.717, 1.165) is 5.57 Å². The van der Waals surface area contributed by atoms with Gasteiger partial charge < -0.3 is 5.11 Å². The third kappa shape index (κ3) is 1.19. The van der Waals surface area contributed by atoms with Gasteiger partial charge in [-0.15, -0.1) is 0 Å². The molecule has 1 unspecified atom stereocenters. The van der Waals surface area contributed by atoms with Crippen LogP contribution in [0.1, 0.15) is 13.3 Å². The minimum Gasteiger partial charge on any atom is -0.512 e. The Morgan fingerprint density at radius 1 is 1.70 bits per heavy atom. The summed E-state index contributed by atoms with van der Waals surface area (Å²) in [6.07, 6.45) is 3.90. The van der Waals surface area contributed by atoms with Gasteiger partial charge in [0.05, 0.1) is 17.7 Å². The van der Waals surface area contributed by atoms with E-state index in [9.17, 15) is 0 Å². The Morgan fingerprint density at radius 2 is 2.40 bits per heavy atom. The van der Waals surface area contributed by atoms with E-state index in [4.69, 9.17) is 10.4 Å². The lowest BCUT2D eigenvalue weighted by Gasteiger charge is -2.12. The Kier molecular flexibility index (Phi) is 1.77. The molecule has 2 nitrogen and oxygen atoms in total. The summed E-state index contributed by atoms with van der Waals surface area (Å²) < 4.78 is 0. The molecule has 1 aliphatic rings. The summed E-state index contributed by atoms with van der Waals surface area (Å²) in [6.45, 7) is 1.90. The van der Waals surface area contributed by atoms with Crippen molar-refractivity contribution in [1.29, 1.82) is 5.26 Å². The monoisotopic (exact) mass is 135 g/mol. The molecule has 0 aromatic heterocycles. The van der Waals surface area contributed by atoms with Gasteiger partial charge in [0.15, 0.2) is 0 Å². The maximum absolute atomic E-state index is 8.99. The Labute approximate surface area is 60.1 Å². The van der Waals surface area contributed by atoms with Crippen LogP contribution < -0.4 is 0 Å². The largest absolute Gasteiger partial charge is 0.512 e. The average Bonchev–Trinajstić information content (AvgIpc) is 1.94. The molecule has 0 saturated heterocycles. The summed E-state index contributed by atoms with van der Waals surface area (Å²) in [5.74, 6) is 0.183. The number of nitriles is 1. The molecule has 1 atom stereocenters. The van der Waals surface area contributed by atoms with E-state index >= 15 is 0 Å². The van der Waals surface area contributed by atoms with Crippen LogP contribution in [0.5, 0.6) is 0 Å². The molecule has 0 aromatic rings. The fourth-order valence-corrected chi connectivity index (χ4v) is 0.929. The topological polar surface area (TPSA) is 44.0 Å². The van der Waals surface area contributed by atoms with Gasteiger partial charge in [-0.3, -0.25) is 0 Å². The lowest BCUT2D eigenvalue weighted by atomic mass is 9.93. The number of hydrogen-bond acceptors (Lipinski definition) is 2. The van der Waals surface area contributed by atoms with Crippen molar-refractivity contribution >= 4 is 0 Å². The molecule has 1 N–H and O–H groups in total. The molecule has 52 valence electrons. The van der Waals surface area contributed by atoms with Gasteiger partial charge in [0.25, 0.3) is 0 Å². The highest BCUT2D eigenvalue weighted by Crippen LogP contribution is 2.22. The number of rotatable bonds is 0. The second-order valence-electron chi connectivity index (χ2n) is 2.45. The molecule has 0 spiro atoms. The van der Waals surface area contributed by atoms with Crippen molar-refractivity contribution in [2.24, 2.45) is 5.92 Å². The number of allylic oxidation sites excluding steroid dienone is 4. The molecule has 0 radical (unpaired) electrons. The molecule has 0 bridgehead atoms. The third-order valence-corrected chi connectivity index (χ3v) is 1.66. The minimum absolute atomic E-state index is 0.120. The van der Waals surface area contributed by atoms with Gasteiger partial charge in [-0.2, -0.15) is 5.26 Å². The van der Waals surface area contributed by atoms with Crippen molar-refractivity contribution < 1.29 is 5.11 Å². The van der Waals surface area contributed by atoms with E-state index in [-0.39, 0.29) is 5.92 Å². The molecule has 1 aliphatic carbocycles. The van der Waals surface area contributed by atoms with Gasteiger partial charge in [0.2, 0.25) is 0 Å². The third-order valence-electron chi connectivity index (χ3n) is 1.66. The zero-order valence-electron chi connectivity index (χ0n) is 5.83. The van der Waals surface area contributed by atoms with Gasteiger partial charge in [0.1, 0.15) is 0 Å². The van der Waals surface area contributed by atoms with Crippen LogP contribution in [0.4, 0.5) is 0 Å². The molecule has 0 aromatic carbocycles. The van der Waals surface area contributed by atoms with Crippen LogP contribution in [0.15, 0.2) is 23.5 Å². The quantitative estimate of drug-likeness (QED) is 0.551. The first-order valence-electron chi connectivity index (χ1n) is 3.20. The fraction of sp³-hybridized carbons (Fsp3) is 0.375. The summed E-state index contributed by atoms with van der Waals surface area (Å²) >= 11 is 0. The normalized spacial score (nSPS) is 24.6. The molecule has 0 fully saturated rings. The molecule has 0 aliphatic heterocycles. The van der Waals surface area contributed by atoms with Crippen molar-refractivity contribution in [1.82, 2.24) is 0 Å². The summed E-state index contributed by atoms with van der Waals surface area (Å²) in [6, 6.07) is 2.11. The molecule has 2 heteroatoms. The fourth-order valence-electron chi connectivity index (χ4n) is 0.929. The highest BCUT2D eigenvalue weighted by Gasteiger charge is 2.14. The van der Waals surface area contributed by atoms with Gasteiger partial charge in [-0.25, -0.2) is 0 Å². The highest BCUT2D eigenvalue weighted by molar-refractivity contribution is 5.26. The minimum atomic E-state index is -0.120. The van der Waals surface area contributed by atoms with E-state index in [1.54, 1.807) is 12.2 Å². The molecular formula is C8H9NO. The lowest BCUT2D eigenvalue weighted by Crippen LogP contribution is -2.03. The number of hydrogen-bond donors (Lipinski definition) is 1. The SMILES string of the molecule is CC1=CC=C(O)CC1C#N. The van der Waals surface area contributed by atoms with Gasteiger partial charge >= 0.3 is 0 Å². The predicted octanol–water partition coefficient (Wildman–Crippen LogP) is 1.92. The van der Waals surface area contributed by atoms with Crippen LogP contribution in [0.25, 0.3) is 0 Å². The molecule has 0 saturated carbocycles. The average molecular weight is 135 g/mol. The van der Waals surface area contributed by atoms with Gasteiger partial charge in [0, 0.05) is 6.42 Å². The first-order valence-corrected chi connectivity index (χ1v) is 3.20. The smallest absolute Gasteiger partial charge is 0.0939 e. The van der Waals surface area contributed by atoms with Crippen molar-refractivity contribution in [2.45, 2.75) is 13.3 Å². The summed E-state index contributed by atoms with van der Waals surface area (Å²) in [7, 11) is 0. The predicted molar refractivity (Wildman–Crippen MR) is 38.2 cm³/mol. The summed E-state index contributed by atoms with van der Waals surface area (Å²) in [4.78, 5) is 0. The molecule has 1 rings (SSSR count). The zero-order valence-corrected chi connectivity index (χ0v) is 5.83. The van der Waals surface area contributed by atoms with Crippen molar-refractivity contribution in [3.8, 4) is 6.07 Å². The van der Waals surface area contributed by atoms with Crippen molar-refractivity contribution in [3.05, 3.63) is 23.5 Å². The lowest BCUT2D eigenvalue weighted by molar-refractivity contribution is 0.374. The maximum atomic E-state index is 8.99. The molecule has 0 heterocycles. The first kappa shape index (κ1) is 6.88. The molecular weight excluding hydrogens is 126 g/mol. The second kappa shape index (κ2) is 2.57. The van der Waals surface area contributed by atoms with E-state index in [1.165, 1.54) is 0 Å². The van der Waals surface area contributed by atoms with Gasteiger partial charge in [-0.05, 0) is 13.0 Å². The Morgan fingerprint density at radius 3 is 2.90 bits per heavy atom. The van der Waals surface area contributed by atoms with E-state index in [1.807, 2.05) is 6.92 Å². The summed E-state index contributed by atoms with van der Waals surface area (Å²) in [5, 5.41) is 17.5. The number of aliphatic hydroxyl groups excluding tert-OH is 1. The molecule has 0 amide bonds. The Hall–Kier alpha value is -1.23. The standard InChI is InChI=1S/C8H9NO/c1-6-2-3-8(10)4-7(6)5-9/h2-3,7,10H,4H2,1H3. The highest BCUT2D eigenvalue weighted by atomic mass is 16.3. The number of nitrogens with zero attached hydrogens (tertiary/aromatic N) is 1. The zero-order chi connectivity index (χ0) is 7.56. The summed E-state index contributed by atoms with van der Waals surface area (Å²) in [5.41, 5.74) is 1.03. The number of aliphatic hydroxyl groups is 1. The van der Waals surface area contributed by atoms with E-state index < -0.39 is 0 Å². The van der Waals surface area contributed by atoms with Crippen molar-refractivity contribution in [2.75, 3.05) is 0 Å². The van der Waals surface area contributed by atoms with Crippen LogP contribution in [0.3, 0.4) is 0 Å². The van der Waals surface area contributed by atoms with Crippen molar-refractivity contribution in [3.63, 3.8) is 0 Å². The van der Waals surface area contributed by atoms with Crippen LogP contribution in [-0.2, 0) is 0 Å². The first-order chi connectivity index (χ1) is 4.74. The maximum Gasteiger partial charge on any atom is 0.0939 e.